The Morgan fingerprint density at radius 2 is 1.86 bits per heavy atom. The molecule has 2 aromatic carbocycles. The van der Waals surface area contributed by atoms with Crippen molar-refractivity contribution in [1.82, 2.24) is 10.9 Å². The van der Waals surface area contributed by atoms with E-state index in [0.29, 0.717) is 17.2 Å². The van der Waals surface area contributed by atoms with Gasteiger partial charge in [0.2, 0.25) is 5.91 Å². The van der Waals surface area contributed by atoms with Gasteiger partial charge in [-0.1, -0.05) is 29.8 Å². The van der Waals surface area contributed by atoms with Crippen LogP contribution < -0.4 is 15.8 Å². The maximum atomic E-state index is 13.2. The molecule has 0 saturated carbocycles. The molecular formula is C21H22ClN3O3. The van der Waals surface area contributed by atoms with Crippen molar-refractivity contribution in [2.24, 2.45) is 5.92 Å². The molecule has 4 rings (SSSR count). The second kappa shape index (κ2) is 7.54. The summed E-state index contributed by atoms with van der Waals surface area (Å²) in [6, 6.07) is 14.1. The predicted molar refractivity (Wildman–Crippen MR) is 107 cm³/mol. The summed E-state index contributed by atoms with van der Waals surface area (Å²) in [5, 5.41) is 0.633. The summed E-state index contributed by atoms with van der Waals surface area (Å²) in [6.07, 6.45) is 0. The van der Waals surface area contributed by atoms with Crippen molar-refractivity contribution < 1.29 is 14.3 Å². The van der Waals surface area contributed by atoms with Crippen LogP contribution in [0.3, 0.4) is 0 Å². The standard InChI is InChI=1S/C21H22ClN3O3/c1-3-28-21(27)13-8-10-14(11-9-13)25-19(15-6-4-5-7-16(15)22)17-12(2)23-24-18(17)20(25)26/h4-12,17-19,23-24H,3H2,1-2H3. The van der Waals surface area contributed by atoms with Gasteiger partial charge >= 0.3 is 5.97 Å². The first-order chi connectivity index (χ1) is 13.5. The number of anilines is 1. The highest BCUT2D eigenvalue weighted by Crippen LogP contribution is 2.46. The molecule has 0 aromatic heterocycles. The second-order valence-electron chi connectivity index (χ2n) is 7.07. The number of hydrogen-bond acceptors (Lipinski definition) is 5. The summed E-state index contributed by atoms with van der Waals surface area (Å²) >= 11 is 6.50. The van der Waals surface area contributed by atoms with Crippen LogP contribution in [0.5, 0.6) is 0 Å². The number of benzene rings is 2. The second-order valence-corrected chi connectivity index (χ2v) is 7.48. The van der Waals surface area contributed by atoms with Crippen molar-refractivity contribution in [3.05, 3.63) is 64.7 Å². The van der Waals surface area contributed by atoms with Gasteiger partial charge in [0.05, 0.1) is 18.2 Å². The van der Waals surface area contributed by atoms with E-state index in [4.69, 9.17) is 16.3 Å². The number of hydrazine groups is 1. The van der Waals surface area contributed by atoms with Crippen LogP contribution in [-0.2, 0) is 9.53 Å². The highest BCUT2D eigenvalue weighted by Gasteiger charge is 2.54. The molecule has 0 aliphatic carbocycles. The topological polar surface area (TPSA) is 70.7 Å². The van der Waals surface area contributed by atoms with Gasteiger partial charge in [0.1, 0.15) is 6.04 Å². The van der Waals surface area contributed by atoms with Crippen molar-refractivity contribution >= 4 is 29.2 Å². The maximum absolute atomic E-state index is 13.2. The molecule has 0 bridgehead atoms. The van der Waals surface area contributed by atoms with Gasteiger partial charge in [-0.3, -0.25) is 10.2 Å². The summed E-state index contributed by atoms with van der Waals surface area (Å²) < 4.78 is 5.04. The SMILES string of the molecule is CCOC(=O)c1ccc(N2C(=O)C3NNC(C)C3C2c2ccccc2Cl)cc1. The molecule has 2 fully saturated rings. The molecule has 0 spiro atoms. The maximum Gasteiger partial charge on any atom is 0.338 e. The van der Waals surface area contributed by atoms with E-state index in [0.717, 1.165) is 11.3 Å². The lowest BCUT2D eigenvalue weighted by atomic mass is 9.87. The summed E-state index contributed by atoms with van der Waals surface area (Å²) in [6.45, 7) is 4.15. The minimum atomic E-state index is -0.374. The van der Waals surface area contributed by atoms with Crippen LogP contribution in [0.4, 0.5) is 5.69 Å². The summed E-state index contributed by atoms with van der Waals surface area (Å²) in [5.74, 6) is -0.367. The summed E-state index contributed by atoms with van der Waals surface area (Å²) in [7, 11) is 0. The van der Waals surface area contributed by atoms with Crippen LogP contribution in [0.15, 0.2) is 48.5 Å². The molecule has 2 saturated heterocycles. The molecule has 146 valence electrons. The van der Waals surface area contributed by atoms with Gasteiger partial charge in [-0.25, -0.2) is 10.2 Å². The van der Waals surface area contributed by atoms with E-state index in [9.17, 15) is 9.59 Å². The number of fused-ring (bicyclic) bond motifs is 1. The van der Waals surface area contributed by atoms with E-state index in [1.54, 1.807) is 36.1 Å². The molecular weight excluding hydrogens is 378 g/mol. The van der Waals surface area contributed by atoms with Crippen LogP contribution >= 0.6 is 11.6 Å². The molecule has 4 unspecified atom stereocenters. The third-order valence-electron chi connectivity index (χ3n) is 5.46. The number of carbonyl (C=O) groups is 2. The molecule has 6 nitrogen and oxygen atoms in total. The van der Waals surface area contributed by atoms with Gasteiger partial charge in [-0.05, 0) is 49.7 Å². The van der Waals surface area contributed by atoms with Gasteiger partial charge in [0, 0.05) is 22.7 Å². The molecule has 4 atom stereocenters. The molecule has 7 heteroatoms. The van der Waals surface area contributed by atoms with Crippen molar-refractivity contribution in [1.29, 1.82) is 0 Å². The lowest BCUT2D eigenvalue weighted by Crippen LogP contribution is -2.42. The minimum absolute atomic E-state index is 0.0179. The fourth-order valence-electron chi connectivity index (χ4n) is 4.17. The highest BCUT2D eigenvalue weighted by atomic mass is 35.5. The van der Waals surface area contributed by atoms with Crippen LogP contribution in [0.25, 0.3) is 0 Å². The zero-order valence-corrected chi connectivity index (χ0v) is 16.4. The minimum Gasteiger partial charge on any atom is -0.462 e. The normalized spacial score (nSPS) is 26.4. The number of amides is 1. The summed E-state index contributed by atoms with van der Waals surface area (Å²) in [5.41, 5.74) is 8.40. The zero-order chi connectivity index (χ0) is 19.8. The summed E-state index contributed by atoms with van der Waals surface area (Å²) in [4.78, 5) is 27.0. The Hall–Kier alpha value is -2.41. The third kappa shape index (κ3) is 3.07. The van der Waals surface area contributed by atoms with Gasteiger partial charge in [0.15, 0.2) is 0 Å². The molecule has 28 heavy (non-hydrogen) atoms. The Balaban J connectivity index is 1.75. The molecule has 2 aliphatic heterocycles. The quantitative estimate of drug-likeness (QED) is 0.773. The average Bonchev–Trinajstić information content (AvgIpc) is 3.21. The van der Waals surface area contributed by atoms with Crippen molar-refractivity contribution in [2.45, 2.75) is 32.0 Å². The van der Waals surface area contributed by atoms with Crippen molar-refractivity contribution in [3.8, 4) is 0 Å². The number of carbonyl (C=O) groups excluding carboxylic acids is 2. The lowest BCUT2D eigenvalue weighted by Gasteiger charge is -2.30. The largest absolute Gasteiger partial charge is 0.462 e. The highest BCUT2D eigenvalue weighted by molar-refractivity contribution is 6.31. The Morgan fingerprint density at radius 3 is 2.54 bits per heavy atom. The van der Waals surface area contributed by atoms with Gasteiger partial charge in [0.25, 0.3) is 0 Å². The van der Waals surface area contributed by atoms with Crippen molar-refractivity contribution in [2.75, 3.05) is 11.5 Å². The van der Waals surface area contributed by atoms with Gasteiger partial charge in [-0.2, -0.15) is 0 Å². The van der Waals surface area contributed by atoms with E-state index >= 15 is 0 Å². The van der Waals surface area contributed by atoms with Crippen LogP contribution in [0, 0.1) is 5.92 Å². The average molecular weight is 400 g/mol. The Morgan fingerprint density at radius 1 is 1.14 bits per heavy atom. The predicted octanol–water partition coefficient (Wildman–Crippen LogP) is 3.09. The number of rotatable bonds is 4. The first kappa shape index (κ1) is 18.9. The third-order valence-corrected chi connectivity index (χ3v) is 5.80. The number of ether oxygens (including phenoxy) is 1. The number of nitrogens with zero attached hydrogens (tertiary/aromatic N) is 1. The first-order valence-corrected chi connectivity index (χ1v) is 9.76. The van der Waals surface area contributed by atoms with E-state index in [1.165, 1.54) is 0 Å². The van der Waals surface area contributed by atoms with E-state index in [2.05, 4.69) is 17.8 Å². The fourth-order valence-corrected chi connectivity index (χ4v) is 4.41. The molecule has 2 N–H and O–H groups in total. The van der Waals surface area contributed by atoms with E-state index in [-0.39, 0.29) is 35.9 Å². The number of esters is 1. The molecule has 0 radical (unpaired) electrons. The fraction of sp³-hybridized carbons (Fsp3) is 0.333. The van der Waals surface area contributed by atoms with Crippen LogP contribution in [-0.4, -0.2) is 30.6 Å². The lowest BCUT2D eigenvalue weighted by molar-refractivity contribution is -0.119. The Labute approximate surface area is 168 Å². The van der Waals surface area contributed by atoms with E-state index in [1.807, 2.05) is 24.3 Å². The molecule has 2 heterocycles. The molecule has 2 aliphatic rings. The smallest absolute Gasteiger partial charge is 0.338 e. The van der Waals surface area contributed by atoms with E-state index < -0.39 is 0 Å². The molecule has 2 aromatic rings. The van der Waals surface area contributed by atoms with Gasteiger partial charge < -0.3 is 9.64 Å². The number of hydrogen-bond donors (Lipinski definition) is 2. The molecule has 1 amide bonds. The van der Waals surface area contributed by atoms with Gasteiger partial charge in [-0.15, -0.1) is 0 Å². The monoisotopic (exact) mass is 399 g/mol. The Kier molecular flexibility index (Phi) is 5.10. The van der Waals surface area contributed by atoms with Crippen LogP contribution in [0.2, 0.25) is 5.02 Å². The zero-order valence-electron chi connectivity index (χ0n) is 15.7. The van der Waals surface area contributed by atoms with Crippen molar-refractivity contribution in [3.63, 3.8) is 0 Å². The Bertz CT molecular complexity index is 902. The van der Waals surface area contributed by atoms with Crippen LogP contribution in [0.1, 0.15) is 35.8 Å². The first-order valence-electron chi connectivity index (χ1n) is 9.38. The number of halogens is 1. The number of nitrogens with one attached hydrogen (secondary N) is 2.